The topological polar surface area (TPSA) is 36.7 Å². The van der Waals surface area contributed by atoms with Crippen LogP contribution in [0.3, 0.4) is 0 Å². The second kappa shape index (κ2) is 8.49. The van der Waals surface area contributed by atoms with Crippen LogP contribution < -0.4 is 0 Å². The molecule has 1 aliphatic rings. The van der Waals surface area contributed by atoms with Crippen molar-refractivity contribution in [3.8, 4) is 11.3 Å². The van der Waals surface area contributed by atoms with Crippen molar-refractivity contribution in [3.05, 3.63) is 48.0 Å². The summed E-state index contributed by atoms with van der Waals surface area (Å²) in [5, 5.41) is 0. The van der Waals surface area contributed by atoms with Gasteiger partial charge in [-0.3, -0.25) is 4.79 Å². The van der Waals surface area contributed by atoms with Crippen molar-refractivity contribution in [1.82, 2.24) is 9.80 Å². The zero-order valence-corrected chi connectivity index (χ0v) is 15.6. The van der Waals surface area contributed by atoms with Gasteiger partial charge in [0.05, 0.1) is 0 Å². The average Bonchev–Trinajstić information content (AvgIpc) is 3.16. The van der Waals surface area contributed by atoms with Gasteiger partial charge >= 0.3 is 0 Å². The van der Waals surface area contributed by atoms with Crippen molar-refractivity contribution in [1.29, 1.82) is 0 Å². The number of likely N-dealkylation sites (N-methyl/N-ethyl adjacent to an activating group) is 2. The minimum atomic E-state index is -0.293. The van der Waals surface area contributed by atoms with Crippen LogP contribution in [0.4, 0.5) is 4.39 Å². The molecule has 1 aromatic heterocycles. The third-order valence-corrected chi connectivity index (χ3v) is 5.28. The van der Waals surface area contributed by atoms with Gasteiger partial charge in [-0.2, -0.15) is 0 Å². The number of hydrogen-bond donors (Lipinski definition) is 0. The van der Waals surface area contributed by atoms with Gasteiger partial charge in [-0.15, -0.1) is 0 Å². The average molecular weight is 358 g/mol. The van der Waals surface area contributed by atoms with Crippen LogP contribution >= 0.6 is 0 Å². The summed E-state index contributed by atoms with van der Waals surface area (Å²) in [4.78, 5) is 16.7. The fraction of sp³-hybridized carbons (Fsp3) is 0.476. The van der Waals surface area contributed by atoms with Gasteiger partial charge in [-0.05, 0) is 56.3 Å². The van der Waals surface area contributed by atoms with Gasteiger partial charge in [0.1, 0.15) is 11.6 Å². The van der Waals surface area contributed by atoms with Crippen LogP contribution in [0.15, 0.2) is 40.8 Å². The minimum Gasteiger partial charge on any atom is -0.451 e. The van der Waals surface area contributed by atoms with Gasteiger partial charge < -0.3 is 14.2 Å². The predicted octanol–water partition coefficient (Wildman–Crippen LogP) is 4.42. The molecule has 5 heteroatoms. The Morgan fingerprint density at radius 3 is 2.42 bits per heavy atom. The summed E-state index contributed by atoms with van der Waals surface area (Å²) >= 11 is 0. The van der Waals surface area contributed by atoms with E-state index in [1.807, 2.05) is 0 Å². The second-order valence-corrected chi connectivity index (χ2v) is 7.17. The van der Waals surface area contributed by atoms with Crippen molar-refractivity contribution in [2.24, 2.45) is 0 Å². The first-order valence-electron chi connectivity index (χ1n) is 9.36. The molecule has 0 saturated heterocycles. The van der Waals surface area contributed by atoms with Crippen LogP contribution in [0.25, 0.3) is 11.3 Å². The lowest BCUT2D eigenvalue weighted by atomic mass is 9.94. The lowest BCUT2D eigenvalue weighted by Crippen LogP contribution is -2.40. The van der Waals surface area contributed by atoms with Crippen molar-refractivity contribution in [2.45, 2.75) is 38.1 Å². The summed E-state index contributed by atoms with van der Waals surface area (Å²) < 4.78 is 18.7. The molecule has 1 fully saturated rings. The van der Waals surface area contributed by atoms with E-state index < -0.39 is 0 Å². The lowest BCUT2D eigenvalue weighted by molar-refractivity contribution is 0.0737. The number of amides is 1. The Bertz CT molecular complexity index is 720. The van der Waals surface area contributed by atoms with Crippen LogP contribution in [-0.2, 0) is 0 Å². The first-order chi connectivity index (χ1) is 12.5. The van der Waals surface area contributed by atoms with Gasteiger partial charge in [0.25, 0.3) is 5.91 Å². The number of furan rings is 1. The van der Waals surface area contributed by atoms with Crippen molar-refractivity contribution < 1.29 is 13.6 Å². The van der Waals surface area contributed by atoms with E-state index in [4.69, 9.17) is 4.42 Å². The monoisotopic (exact) mass is 358 g/mol. The minimum absolute atomic E-state index is 0.129. The maximum absolute atomic E-state index is 13.0. The molecule has 0 N–H and O–H groups in total. The van der Waals surface area contributed by atoms with E-state index in [1.54, 1.807) is 36.2 Å². The van der Waals surface area contributed by atoms with E-state index in [0.29, 0.717) is 24.1 Å². The summed E-state index contributed by atoms with van der Waals surface area (Å²) in [5.41, 5.74) is 0.755. The summed E-state index contributed by atoms with van der Waals surface area (Å²) in [7, 11) is 3.95. The van der Waals surface area contributed by atoms with Gasteiger partial charge in [-0.1, -0.05) is 19.3 Å². The van der Waals surface area contributed by atoms with Crippen molar-refractivity contribution in [3.63, 3.8) is 0 Å². The molecule has 0 unspecified atom stereocenters. The van der Waals surface area contributed by atoms with Crippen LogP contribution in [-0.4, -0.2) is 48.9 Å². The highest BCUT2D eigenvalue weighted by Crippen LogP contribution is 2.23. The van der Waals surface area contributed by atoms with E-state index in [1.165, 1.54) is 44.2 Å². The SMILES string of the molecule is CN(CCN(C)C1CCCCC1)C(=O)c1ccc(-c2ccc(F)cc2)o1. The first kappa shape index (κ1) is 18.6. The molecule has 0 atom stereocenters. The molecule has 0 spiro atoms. The zero-order chi connectivity index (χ0) is 18.5. The Labute approximate surface area is 154 Å². The number of carbonyl (C=O) groups is 1. The van der Waals surface area contributed by atoms with Crippen LogP contribution in [0, 0.1) is 5.82 Å². The summed E-state index contributed by atoms with van der Waals surface area (Å²) in [5.74, 6) is 0.460. The van der Waals surface area contributed by atoms with E-state index >= 15 is 0 Å². The Balaban J connectivity index is 1.55. The molecular weight excluding hydrogens is 331 g/mol. The predicted molar refractivity (Wildman–Crippen MR) is 101 cm³/mol. The maximum atomic E-state index is 13.0. The summed E-state index contributed by atoms with van der Waals surface area (Å²) in [6.07, 6.45) is 6.48. The Morgan fingerprint density at radius 2 is 1.73 bits per heavy atom. The van der Waals surface area contributed by atoms with E-state index in [2.05, 4.69) is 11.9 Å². The lowest BCUT2D eigenvalue weighted by Gasteiger charge is -2.32. The quantitative estimate of drug-likeness (QED) is 0.767. The molecular formula is C21H27FN2O2. The van der Waals surface area contributed by atoms with Gasteiger partial charge in [0, 0.05) is 31.7 Å². The number of hydrogen-bond acceptors (Lipinski definition) is 3. The molecule has 1 aliphatic carbocycles. The highest BCUT2D eigenvalue weighted by molar-refractivity contribution is 5.91. The van der Waals surface area contributed by atoms with Gasteiger partial charge in [-0.25, -0.2) is 4.39 Å². The smallest absolute Gasteiger partial charge is 0.289 e. The zero-order valence-electron chi connectivity index (χ0n) is 15.6. The molecule has 2 aromatic rings. The van der Waals surface area contributed by atoms with Crippen molar-refractivity contribution in [2.75, 3.05) is 27.2 Å². The first-order valence-corrected chi connectivity index (χ1v) is 9.36. The fourth-order valence-corrected chi connectivity index (χ4v) is 3.52. The summed E-state index contributed by atoms with van der Waals surface area (Å²) in [6, 6.07) is 10.1. The third kappa shape index (κ3) is 4.52. The molecule has 0 bridgehead atoms. The number of nitrogens with zero attached hydrogens (tertiary/aromatic N) is 2. The molecule has 1 saturated carbocycles. The Morgan fingerprint density at radius 1 is 1.04 bits per heavy atom. The van der Waals surface area contributed by atoms with E-state index in [0.717, 1.165) is 12.1 Å². The number of rotatable bonds is 6. The molecule has 1 heterocycles. The Hall–Kier alpha value is -2.14. The van der Waals surface area contributed by atoms with E-state index in [-0.39, 0.29) is 11.7 Å². The van der Waals surface area contributed by atoms with E-state index in [9.17, 15) is 9.18 Å². The molecule has 0 aliphatic heterocycles. The number of benzene rings is 1. The van der Waals surface area contributed by atoms with Crippen LogP contribution in [0.5, 0.6) is 0 Å². The molecule has 0 radical (unpaired) electrons. The maximum Gasteiger partial charge on any atom is 0.289 e. The molecule has 1 amide bonds. The normalized spacial score (nSPS) is 15.4. The molecule has 4 nitrogen and oxygen atoms in total. The van der Waals surface area contributed by atoms with Crippen LogP contribution in [0.2, 0.25) is 0 Å². The molecule has 3 rings (SSSR count). The van der Waals surface area contributed by atoms with Gasteiger partial charge in [0.2, 0.25) is 0 Å². The number of halogens is 1. The second-order valence-electron chi connectivity index (χ2n) is 7.17. The molecule has 1 aromatic carbocycles. The molecule has 26 heavy (non-hydrogen) atoms. The Kier molecular flexibility index (Phi) is 6.09. The highest BCUT2D eigenvalue weighted by Gasteiger charge is 2.20. The third-order valence-electron chi connectivity index (χ3n) is 5.28. The largest absolute Gasteiger partial charge is 0.451 e. The van der Waals surface area contributed by atoms with Crippen LogP contribution in [0.1, 0.15) is 42.7 Å². The highest BCUT2D eigenvalue weighted by atomic mass is 19.1. The van der Waals surface area contributed by atoms with Gasteiger partial charge in [0.15, 0.2) is 5.76 Å². The standard InChI is InChI=1S/C21H27FN2O2/c1-23(18-6-4-3-5-7-18)14-15-24(2)21(25)20-13-12-19(26-20)16-8-10-17(22)11-9-16/h8-13,18H,3-7,14-15H2,1-2H3. The molecule has 140 valence electrons. The number of carbonyl (C=O) groups excluding carboxylic acids is 1. The summed E-state index contributed by atoms with van der Waals surface area (Å²) in [6.45, 7) is 1.52. The van der Waals surface area contributed by atoms with Crippen molar-refractivity contribution >= 4 is 5.91 Å². The fourth-order valence-electron chi connectivity index (χ4n) is 3.52.